The van der Waals surface area contributed by atoms with Crippen molar-refractivity contribution >= 4 is 11.0 Å². The van der Waals surface area contributed by atoms with E-state index in [2.05, 4.69) is 0 Å². The van der Waals surface area contributed by atoms with Crippen LogP contribution in [0.1, 0.15) is 0 Å². The second kappa shape index (κ2) is 6.16. The molecule has 1 aromatic heterocycles. The van der Waals surface area contributed by atoms with Crippen molar-refractivity contribution in [2.75, 3.05) is 21.3 Å². The highest BCUT2D eigenvalue weighted by molar-refractivity contribution is 5.95. The lowest BCUT2D eigenvalue weighted by Crippen LogP contribution is -2.04. The van der Waals surface area contributed by atoms with E-state index in [0.717, 1.165) is 0 Å². The fraction of sp³-hybridized carbons (Fsp3) is 0.167. The van der Waals surface area contributed by atoms with Gasteiger partial charge in [0.1, 0.15) is 39.5 Å². The number of methoxy groups -OCH3 is 3. The molecule has 0 unspecified atom stereocenters. The summed E-state index contributed by atoms with van der Waals surface area (Å²) in [5, 5.41) is 11.0. The zero-order valence-electron chi connectivity index (χ0n) is 13.5. The molecule has 3 rings (SSSR count). The first kappa shape index (κ1) is 15.7. The lowest BCUT2D eigenvalue weighted by Gasteiger charge is -2.11. The smallest absolute Gasteiger partial charge is 0.347 e. The number of rotatable bonds is 4. The largest absolute Gasteiger partial charge is 0.506 e. The van der Waals surface area contributed by atoms with Crippen molar-refractivity contribution in [3.8, 4) is 34.1 Å². The summed E-state index contributed by atoms with van der Waals surface area (Å²) >= 11 is 0. The Bertz CT molecular complexity index is 940. The predicted octanol–water partition coefficient (Wildman–Crippen LogP) is 3.19. The summed E-state index contributed by atoms with van der Waals surface area (Å²) in [5.41, 5.74) is 0.113. The molecule has 0 aliphatic heterocycles. The monoisotopic (exact) mass is 328 g/mol. The van der Waals surface area contributed by atoms with Gasteiger partial charge in [0.2, 0.25) is 0 Å². The lowest BCUT2D eigenvalue weighted by atomic mass is 10.0. The van der Waals surface area contributed by atoms with Gasteiger partial charge >= 0.3 is 5.63 Å². The molecule has 0 saturated heterocycles. The van der Waals surface area contributed by atoms with E-state index in [1.807, 2.05) is 0 Å². The maximum Gasteiger partial charge on any atom is 0.347 e. The molecule has 0 spiro atoms. The Balaban J connectivity index is 2.31. The molecule has 0 radical (unpaired) electrons. The number of benzene rings is 2. The normalized spacial score (nSPS) is 10.6. The van der Waals surface area contributed by atoms with Crippen LogP contribution in [0.5, 0.6) is 23.0 Å². The van der Waals surface area contributed by atoms with E-state index in [0.29, 0.717) is 28.2 Å². The number of hydrogen-bond acceptors (Lipinski definition) is 6. The van der Waals surface area contributed by atoms with Crippen LogP contribution in [0.25, 0.3) is 22.1 Å². The van der Waals surface area contributed by atoms with Crippen LogP contribution >= 0.6 is 0 Å². The number of ether oxygens (including phenoxy) is 3. The minimum atomic E-state index is -0.652. The third-order valence-electron chi connectivity index (χ3n) is 3.75. The van der Waals surface area contributed by atoms with Crippen LogP contribution in [0.15, 0.2) is 45.6 Å². The highest BCUT2D eigenvalue weighted by Crippen LogP contribution is 2.40. The molecule has 1 heterocycles. The third kappa shape index (κ3) is 2.52. The Morgan fingerprint density at radius 1 is 0.917 bits per heavy atom. The van der Waals surface area contributed by atoms with E-state index in [4.69, 9.17) is 18.6 Å². The number of hydrogen-bond donors (Lipinski definition) is 1. The Kier molecular flexibility index (Phi) is 4.04. The standard InChI is InChI=1S/C18H16O6/c1-21-11-6-4-10(5-7-11)15-17(19)16-13(23-3)8-12(22-2)9-14(16)24-18(15)20/h4-9,19H,1-3H3. The van der Waals surface area contributed by atoms with Gasteiger partial charge in [-0.15, -0.1) is 0 Å². The molecule has 0 bridgehead atoms. The summed E-state index contributed by atoms with van der Waals surface area (Å²) in [4.78, 5) is 12.4. The van der Waals surface area contributed by atoms with Crippen molar-refractivity contribution in [2.24, 2.45) is 0 Å². The summed E-state index contributed by atoms with van der Waals surface area (Å²) in [6, 6.07) is 9.88. The van der Waals surface area contributed by atoms with E-state index in [1.54, 1.807) is 37.4 Å². The van der Waals surface area contributed by atoms with Gasteiger partial charge in [-0.05, 0) is 17.7 Å². The number of fused-ring (bicyclic) bond motifs is 1. The summed E-state index contributed by atoms with van der Waals surface area (Å²) in [7, 11) is 4.51. The van der Waals surface area contributed by atoms with Crippen molar-refractivity contribution < 1.29 is 23.7 Å². The van der Waals surface area contributed by atoms with Crippen molar-refractivity contribution in [1.29, 1.82) is 0 Å². The second-order valence-corrected chi connectivity index (χ2v) is 5.04. The van der Waals surface area contributed by atoms with Gasteiger partial charge in [0, 0.05) is 12.1 Å². The minimum Gasteiger partial charge on any atom is -0.506 e. The van der Waals surface area contributed by atoms with Crippen LogP contribution in [0.2, 0.25) is 0 Å². The molecular formula is C18H16O6. The van der Waals surface area contributed by atoms with Crippen molar-refractivity contribution in [2.45, 2.75) is 0 Å². The van der Waals surface area contributed by atoms with Crippen LogP contribution in [0.3, 0.4) is 0 Å². The van der Waals surface area contributed by atoms with E-state index in [-0.39, 0.29) is 16.9 Å². The first-order valence-corrected chi connectivity index (χ1v) is 7.15. The molecule has 6 heteroatoms. The maximum absolute atomic E-state index is 12.4. The Hall–Kier alpha value is -3.15. The Labute approximate surface area is 137 Å². The average molecular weight is 328 g/mol. The molecule has 2 aromatic carbocycles. The molecule has 6 nitrogen and oxygen atoms in total. The predicted molar refractivity (Wildman–Crippen MR) is 89.2 cm³/mol. The van der Waals surface area contributed by atoms with Gasteiger partial charge in [-0.3, -0.25) is 0 Å². The molecule has 124 valence electrons. The molecule has 24 heavy (non-hydrogen) atoms. The number of aromatic hydroxyl groups is 1. The molecule has 0 saturated carbocycles. The zero-order valence-corrected chi connectivity index (χ0v) is 13.5. The molecule has 0 aliphatic rings. The molecule has 0 aliphatic carbocycles. The second-order valence-electron chi connectivity index (χ2n) is 5.04. The molecule has 1 N–H and O–H groups in total. The van der Waals surface area contributed by atoms with Gasteiger partial charge < -0.3 is 23.7 Å². The average Bonchev–Trinajstić information content (AvgIpc) is 2.61. The minimum absolute atomic E-state index is 0.0635. The van der Waals surface area contributed by atoms with Crippen molar-refractivity contribution in [3.05, 3.63) is 46.8 Å². The SMILES string of the molecule is COc1ccc(-c2c(O)c3c(OC)cc(OC)cc3oc2=O)cc1. The van der Waals surface area contributed by atoms with Crippen LogP contribution in [-0.2, 0) is 0 Å². The van der Waals surface area contributed by atoms with Crippen molar-refractivity contribution in [1.82, 2.24) is 0 Å². The zero-order chi connectivity index (χ0) is 17.3. The van der Waals surface area contributed by atoms with Gasteiger partial charge in [-0.25, -0.2) is 4.79 Å². The maximum atomic E-state index is 12.4. The van der Waals surface area contributed by atoms with E-state index in [1.165, 1.54) is 20.3 Å². The van der Waals surface area contributed by atoms with Gasteiger partial charge in [-0.1, -0.05) is 12.1 Å². The quantitative estimate of drug-likeness (QED) is 0.741. The lowest BCUT2D eigenvalue weighted by molar-refractivity contribution is 0.393. The fourth-order valence-corrected chi connectivity index (χ4v) is 2.54. The summed E-state index contributed by atoms with van der Waals surface area (Å²) < 4.78 is 20.9. The van der Waals surface area contributed by atoms with E-state index < -0.39 is 5.63 Å². The molecule has 3 aromatic rings. The Morgan fingerprint density at radius 3 is 2.17 bits per heavy atom. The van der Waals surface area contributed by atoms with E-state index >= 15 is 0 Å². The Morgan fingerprint density at radius 2 is 1.58 bits per heavy atom. The first-order valence-electron chi connectivity index (χ1n) is 7.15. The highest BCUT2D eigenvalue weighted by Gasteiger charge is 2.20. The summed E-state index contributed by atoms with van der Waals surface area (Å²) in [5.74, 6) is 1.25. The molecule has 0 fully saturated rings. The summed E-state index contributed by atoms with van der Waals surface area (Å²) in [6.07, 6.45) is 0. The van der Waals surface area contributed by atoms with E-state index in [9.17, 15) is 9.90 Å². The highest BCUT2D eigenvalue weighted by atomic mass is 16.5. The molecule has 0 amide bonds. The van der Waals surface area contributed by atoms with Crippen LogP contribution in [0.4, 0.5) is 0 Å². The van der Waals surface area contributed by atoms with Gasteiger partial charge in [-0.2, -0.15) is 0 Å². The van der Waals surface area contributed by atoms with Crippen LogP contribution < -0.4 is 19.8 Å². The molecular weight excluding hydrogens is 312 g/mol. The third-order valence-corrected chi connectivity index (χ3v) is 3.75. The van der Waals surface area contributed by atoms with Gasteiger partial charge in [0.05, 0.1) is 21.3 Å². The van der Waals surface area contributed by atoms with Gasteiger partial charge in [0.15, 0.2) is 0 Å². The van der Waals surface area contributed by atoms with Gasteiger partial charge in [0.25, 0.3) is 0 Å². The van der Waals surface area contributed by atoms with Crippen LogP contribution in [-0.4, -0.2) is 26.4 Å². The first-order chi connectivity index (χ1) is 11.6. The van der Waals surface area contributed by atoms with Crippen molar-refractivity contribution in [3.63, 3.8) is 0 Å². The molecule has 0 atom stereocenters. The summed E-state index contributed by atoms with van der Waals surface area (Å²) in [6.45, 7) is 0. The van der Waals surface area contributed by atoms with Crippen LogP contribution in [0, 0.1) is 0 Å². The topological polar surface area (TPSA) is 78.1 Å². The fourth-order valence-electron chi connectivity index (χ4n) is 2.54.